The van der Waals surface area contributed by atoms with E-state index < -0.39 is 33.2 Å². The summed E-state index contributed by atoms with van der Waals surface area (Å²) in [5.74, 6) is -0.960. The maximum Gasteiger partial charge on any atom is 0.472 e. The van der Waals surface area contributed by atoms with Gasteiger partial charge < -0.3 is 20.1 Å². The molecule has 0 aliphatic heterocycles. The second kappa shape index (κ2) is 13.6. The molecule has 2 heterocycles. The van der Waals surface area contributed by atoms with Crippen LogP contribution in [0.4, 0.5) is 5.95 Å². The summed E-state index contributed by atoms with van der Waals surface area (Å²) in [5, 5.41) is 0. The number of H-pyrrole nitrogens is 1. The molecule has 2 aromatic heterocycles. The molecule has 0 saturated heterocycles. The average molecular weight is 634 g/mol. The predicted octanol–water partition coefficient (Wildman–Crippen LogP) is 3.63. The van der Waals surface area contributed by atoms with Crippen LogP contribution < -0.4 is 11.3 Å². The first kappa shape index (κ1) is 31.2. The highest BCUT2D eigenvalue weighted by molar-refractivity contribution is 7.47. The van der Waals surface area contributed by atoms with Crippen LogP contribution in [-0.2, 0) is 40.1 Å². The van der Waals surface area contributed by atoms with Crippen LogP contribution >= 0.6 is 15.6 Å². The molecule has 2 unspecified atom stereocenters. The van der Waals surface area contributed by atoms with Gasteiger partial charge in [0.15, 0.2) is 11.2 Å². The van der Waals surface area contributed by atoms with E-state index in [-0.39, 0.29) is 49.5 Å². The van der Waals surface area contributed by atoms with Gasteiger partial charge in [0.1, 0.15) is 0 Å². The molecule has 14 nitrogen and oxygen atoms in total. The number of anilines is 1. The van der Waals surface area contributed by atoms with Crippen molar-refractivity contribution >= 4 is 32.8 Å². The molecular weight excluding hydrogens is 600 g/mol. The van der Waals surface area contributed by atoms with Gasteiger partial charge in [0.05, 0.1) is 32.8 Å². The van der Waals surface area contributed by atoms with E-state index in [2.05, 4.69) is 15.0 Å². The van der Waals surface area contributed by atoms with Gasteiger partial charge in [0.2, 0.25) is 5.95 Å². The molecule has 43 heavy (non-hydrogen) atoms. The Morgan fingerprint density at radius 3 is 2.02 bits per heavy atom. The Kier molecular flexibility index (Phi) is 9.90. The minimum Gasteiger partial charge on any atom is -0.369 e. The molecule has 4 aromatic rings. The lowest BCUT2D eigenvalue weighted by Crippen LogP contribution is -2.43. The molecular formula is C27H33N5O9P2. The maximum absolute atomic E-state index is 12.7. The standard InChI is InChI=1S/C27H33N5O9P2/c28-27-30-25-24(26(33)31-27)29-18-32(25)23-15-21(16-40-42(34,35)38-13-11-19-7-3-1-4-8-19)22(23)17-41-43(36,37)39-14-12-20-9-5-2-6-10-20/h1-10,18,21-23H,11-17H2,(H,34,35)(H,36,37)(H3,28,30,31,33)/t21-,22+,23-/m1/s1. The molecule has 5 N–H and O–H groups in total. The van der Waals surface area contributed by atoms with Crippen LogP contribution in [0.2, 0.25) is 0 Å². The Morgan fingerprint density at radius 1 is 0.884 bits per heavy atom. The fourth-order valence-electron chi connectivity index (χ4n) is 5.01. The van der Waals surface area contributed by atoms with Crippen molar-refractivity contribution in [3.8, 4) is 0 Å². The lowest BCUT2D eigenvalue weighted by Gasteiger charge is -2.45. The Morgan fingerprint density at radius 2 is 1.44 bits per heavy atom. The van der Waals surface area contributed by atoms with Crippen molar-refractivity contribution in [3.05, 3.63) is 88.5 Å². The zero-order chi connectivity index (χ0) is 30.5. The van der Waals surface area contributed by atoms with E-state index in [4.69, 9.17) is 23.8 Å². The number of nitrogen functional groups attached to an aromatic ring is 1. The molecule has 5 rings (SSSR count). The van der Waals surface area contributed by atoms with E-state index in [1.54, 1.807) is 4.57 Å². The molecule has 1 aliphatic rings. The van der Waals surface area contributed by atoms with Crippen molar-refractivity contribution in [3.63, 3.8) is 0 Å². The Hall–Kier alpha value is -3.19. The number of aromatic amines is 1. The van der Waals surface area contributed by atoms with Crippen molar-refractivity contribution in [2.24, 2.45) is 11.8 Å². The zero-order valence-corrected chi connectivity index (χ0v) is 24.9. The topological polar surface area (TPSA) is 201 Å². The van der Waals surface area contributed by atoms with Crippen molar-refractivity contribution in [2.45, 2.75) is 25.3 Å². The largest absolute Gasteiger partial charge is 0.472 e. The van der Waals surface area contributed by atoms with Gasteiger partial charge in [-0.3, -0.25) is 27.9 Å². The quantitative estimate of drug-likeness (QED) is 0.139. The number of nitrogens with one attached hydrogen (secondary N) is 1. The normalized spacial score (nSPS) is 21.2. The van der Waals surface area contributed by atoms with E-state index in [0.717, 1.165) is 11.1 Å². The van der Waals surface area contributed by atoms with E-state index in [1.807, 2.05) is 60.7 Å². The number of fused-ring (bicyclic) bond motifs is 1. The number of nitrogens with two attached hydrogens (primary N) is 1. The summed E-state index contributed by atoms with van der Waals surface area (Å²) < 4.78 is 47.9. The van der Waals surface area contributed by atoms with Crippen LogP contribution in [0.1, 0.15) is 23.6 Å². The summed E-state index contributed by atoms with van der Waals surface area (Å²) in [6.45, 7) is -0.489. The smallest absolute Gasteiger partial charge is 0.369 e. The van der Waals surface area contributed by atoms with E-state index >= 15 is 0 Å². The first-order chi connectivity index (χ1) is 20.6. The number of aromatic nitrogens is 4. The second-order valence-electron chi connectivity index (χ2n) is 10.2. The average Bonchev–Trinajstić information content (AvgIpc) is 3.37. The van der Waals surface area contributed by atoms with Gasteiger partial charge in [-0.1, -0.05) is 60.7 Å². The van der Waals surface area contributed by atoms with Gasteiger partial charge in [-0.05, 0) is 36.3 Å². The number of nitrogens with zero attached hydrogens (tertiary/aromatic N) is 3. The molecule has 0 radical (unpaired) electrons. The fourth-order valence-corrected chi connectivity index (χ4v) is 6.55. The van der Waals surface area contributed by atoms with Gasteiger partial charge in [0.25, 0.3) is 5.56 Å². The summed E-state index contributed by atoms with van der Waals surface area (Å²) >= 11 is 0. The van der Waals surface area contributed by atoms with Crippen molar-refractivity contribution < 1.29 is 37.0 Å². The number of imidazole rings is 1. The highest BCUT2D eigenvalue weighted by Gasteiger charge is 2.45. The Labute approximate surface area is 247 Å². The monoisotopic (exact) mass is 633 g/mol. The third-order valence-corrected chi connectivity index (χ3v) is 9.28. The molecule has 1 fully saturated rings. The van der Waals surface area contributed by atoms with Crippen LogP contribution in [0.3, 0.4) is 0 Å². The summed E-state index contributed by atoms with van der Waals surface area (Å²) in [6, 6.07) is 18.3. The number of hydrogen-bond donors (Lipinski definition) is 4. The summed E-state index contributed by atoms with van der Waals surface area (Å²) in [7, 11) is -8.82. The summed E-state index contributed by atoms with van der Waals surface area (Å²) in [4.78, 5) is 43.6. The van der Waals surface area contributed by atoms with Gasteiger partial charge in [0, 0.05) is 12.0 Å². The Bertz CT molecular complexity index is 1670. The minimum absolute atomic E-state index is 0.0195. The van der Waals surface area contributed by atoms with Crippen LogP contribution in [0.25, 0.3) is 11.2 Å². The molecule has 16 heteroatoms. The van der Waals surface area contributed by atoms with Crippen molar-refractivity contribution in [1.29, 1.82) is 0 Å². The summed E-state index contributed by atoms with van der Waals surface area (Å²) in [5.41, 5.74) is 7.43. The molecule has 1 saturated carbocycles. The first-order valence-electron chi connectivity index (χ1n) is 13.6. The van der Waals surface area contributed by atoms with Crippen LogP contribution in [-0.4, -0.2) is 55.7 Å². The molecule has 5 atom stereocenters. The van der Waals surface area contributed by atoms with Crippen molar-refractivity contribution in [1.82, 2.24) is 19.5 Å². The van der Waals surface area contributed by atoms with E-state index in [1.165, 1.54) is 6.33 Å². The fraction of sp³-hybridized carbons (Fsp3) is 0.370. The van der Waals surface area contributed by atoms with Crippen LogP contribution in [0.5, 0.6) is 0 Å². The Balaban J connectivity index is 1.23. The molecule has 0 amide bonds. The SMILES string of the molecule is Nc1nc2c(ncn2[C@@H]2C[C@H](COP(=O)(O)OCCc3ccccc3)[C@@H]2COP(=O)(O)OCCc2ccccc2)c(=O)[nH]1. The zero-order valence-electron chi connectivity index (χ0n) is 23.1. The first-order valence-corrected chi connectivity index (χ1v) is 16.6. The second-order valence-corrected chi connectivity index (χ2v) is 13.1. The predicted molar refractivity (Wildman–Crippen MR) is 157 cm³/mol. The number of hydrogen-bond acceptors (Lipinski definition) is 10. The molecule has 0 spiro atoms. The third-order valence-electron chi connectivity index (χ3n) is 7.31. The van der Waals surface area contributed by atoms with Gasteiger partial charge in [-0.2, -0.15) is 4.98 Å². The number of phosphoric acid groups is 2. The molecule has 1 aliphatic carbocycles. The molecule has 230 valence electrons. The van der Waals surface area contributed by atoms with E-state index in [9.17, 15) is 23.7 Å². The van der Waals surface area contributed by atoms with E-state index in [0.29, 0.717) is 19.3 Å². The molecule has 0 bridgehead atoms. The summed E-state index contributed by atoms with van der Waals surface area (Å²) in [6.07, 6.45) is 2.67. The van der Waals surface area contributed by atoms with Gasteiger partial charge >= 0.3 is 15.6 Å². The number of benzene rings is 2. The van der Waals surface area contributed by atoms with Crippen LogP contribution in [0, 0.1) is 11.8 Å². The van der Waals surface area contributed by atoms with Crippen LogP contribution in [0.15, 0.2) is 71.8 Å². The highest BCUT2D eigenvalue weighted by atomic mass is 31.2. The highest BCUT2D eigenvalue weighted by Crippen LogP contribution is 2.52. The molecule has 2 aromatic carbocycles. The lowest BCUT2D eigenvalue weighted by atomic mass is 9.70. The van der Waals surface area contributed by atoms with Gasteiger partial charge in [-0.15, -0.1) is 0 Å². The number of phosphoric ester groups is 2. The minimum atomic E-state index is -4.44. The maximum atomic E-state index is 12.7. The van der Waals surface area contributed by atoms with Gasteiger partial charge in [-0.25, -0.2) is 14.1 Å². The lowest BCUT2D eigenvalue weighted by molar-refractivity contribution is -0.0105. The third kappa shape index (κ3) is 8.26. The van der Waals surface area contributed by atoms with Crippen molar-refractivity contribution in [2.75, 3.05) is 32.2 Å². The number of rotatable bonds is 15.